The Bertz CT molecular complexity index is 753. The van der Waals surface area contributed by atoms with Crippen LogP contribution in [0, 0.1) is 5.92 Å². The van der Waals surface area contributed by atoms with Crippen LogP contribution in [0.3, 0.4) is 0 Å². The fourth-order valence-electron chi connectivity index (χ4n) is 2.66. The van der Waals surface area contributed by atoms with E-state index in [9.17, 15) is 19.2 Å². The van der Waals surface area contributed by atoms with Gasteiger partial charge in [0.25, 0.3) is 5.91 Å². The third kappa shape index (κ3) is 2.19. The summed E-state index contributed by atoms with van der Waals surface area (Å²) in [5, 5.41) is 3.74. The number of amides is 2. The summed E-state index contributed by atoms with van der Waals surface area (Å²) < 4.78 is 4.58. The maximum absolute atomic E-state index is 12.6. The number of nitrogens with one attached hydrogen (secondary N) is 1. The number of carbonyl (C=O) groups excluding carboxylic acids is 4. The molecule has 0 spiro atoms. The van der Waals surface area contributed by atoms with E-state index in [0.29, 0.717) is 11.3 Å². The number of imide groups is 1. The van der Waals surface area contributed by atoms with E-state index in [2.05, 4.69) is 15.3 Å². The molecule has 8 heteroatoms. The number of methoxy groups -OCH3 is 1. The first kappa shape index (κ1) is 14.9. The Kier molecular flexibility index (Phi) is 3.44. The van der Waals surface area contributed by atoms with Crippen molar-refractivity contribution < 1.29 is 23.9 Å². The second kappa shape index (κ2) is 5.31. The highest BCUT2D eigenvalue weighted by atomic mass is 16.5. The number of fused-ring (bicyclic) bond motifs is 1. The fourth-order valence-corrected chi connectivity index (χ4v) is 2.66. The highest BCUT2D eigenvalue weighted by molar-refractivity contribution is 6.46. The Morgan fingerprint density at radius 1 is 1.17 bits per heavy atom. The normalized spacial score (nSPS) is 22.5. The highest BCUT2D eigenvalue weighted by Gasteiger charge is 2.55. The minimum Gasteiger partial charge on any atom is -0.464 e. The lowest BCUT2D eigenvalue weighted by atomic mass is 9.99. The zero-order valence-electron chi connectivity index (χ0n) is 12.4. The molecule has 8 nitrogen and oxygen atoms in total. The second-order valence-corrected chi connectivity index (χ2v) is 5.19. The van der Waals surface area contributed by atoms with Gasteiger partial charge >= 0.3 is 5.97 Å². The van der Waals surface area contributed by atoms with Crippen molar-refractivity contribution in [2.24, 2.45) is 11.0 Å². The predicted octanol–water partition coefficient (Wildman–Crippen LogP) is -0.121. The molecule has 2 heterocycles. The molecule has 118 valence electrons. The van der Waals surface area contributed by atoms with Crippen molar-refractivity contribution in [3.63, 3.8) is 0 Å². The molecule has 0 saturated carbocycles. The average Bonchev–Trinajstić information content (AvgIpc) is 3.08. The lowest BCUT2D eigenvalue weighted by Crippen LogP contribution is -2.36. The van der Waals surface area contributed by atoms with Crippen molar-refractivity contribution in [3.05, 3.63) is 29.8 Å². The topological polar surface area (TPSA) is 105 Å². The highest BCUT2D eigenvalue weighted by Crippen LogP contribution is 2.30. The molecular formula is C15H13N3O5. The van der Waals surface area contributed by atoms with E-state index in [4.69, 9.17) is 0 Å². The van der Waals surface area contributed by atoms with Gasteiger partial charge in [-0.3, -0.25) is 19.8 Å². The zero-order chi connectivity index (χ0) is 16.7. The van der Waals surface area contributed by atoms with Gasteiger partial charge in [-0.25, -0.2) is 9.69 Å². The molecule has 2 atom stereocenters. The Morgan fingerprint density at radius 3 is 2.39 bits per heavy atom. The van der Waals surface area contributed by atoms with Gasteiger partial charge in [0.05, 0.1) is 12.8 Å². The van der Waals surface area contributed by atoms with Crippen molar-refractivity contribution >= 4 is 35.0 Å². The maximum atomic E-state index is 12.6. The largest absolute Gasteiger partial charge is 0.464 e. The summed E-state index contributed by atoms with van der Waals surface area (Å²) in [6.45, 7) is 1.43. The molecule has 1 fully saturated rings. The fraction of sp³-hybridized carbons (Fsp3) is 0.267. The molecule has 2 aliphatic heterocycles. The third-order valence-electron chi connectivity index (χ3n) is 3.85. The Morgan fingerprint density at radius 2 is 1.83 bits per heavy atom. The SMILES string of the molecule is COC(=O)C1=NNC2C(=O)N(c3ccc(C(C)=O)cc3)C(=O)C12. The molecule has 1 N–H and O–H groups in total. The standard InChI is InChI=1S/C15H13N3O5/c1-7(19)8-3-5-9(6-4-8)18-13(20)10-11(14(18)21)16-17-12(10)15(22)23-2/h3-6,10-11,16H,1-2H3. The molecule has 3 rings (SSSR count). The van der Waals surface area contributed by atoms with Crippen molar-refractivity contribution in [3.8, 4) is 0 Å². The molecule has 2 aliphatic rings. The second-order valence-electron chi connectivity index (χ2n) is 5.19. The number of hydrazone groups is 1. The van der Waals surface area contributed by atoms with Crippen LogP contribution in [-0.2, 0) is 19.1 Å². The van der Waals surface area contributed by atoms with E-state index >= 15 is 0 Å². The molecule has 0 aromatic heterocycles. The number of benzene rings is 1. The molecule has 0 aliphatic carbocycles. The Balaban J connectivity index is 1.92. The maximum Gasteiger partial charge on any atom is 0.355 e. The number of rotatable bonds is 3. The van der Waals surface area contributed by atoms with E-state index in [-0.39, 0.29) is 11.5 Å². The van der Waals surface area contributed by atoms with Crippen molar-refractivity contribution in [1.29, 1.82) is 0 Å². The van der Waals surface area contributed by atoms with Crippen LogP contribution in [0.25, 0.3) is 0 Å². The molecular weight excluding hydrogens is 302 g/mol. The van der Waals surface area contributed by atoms with E-state index in [1.54, 1.807) is 0 Å². The van der Waals surface area contributed by atoms with Gasteiger partial charge in [0.2, 0.25) is 5.91 Å². The average molecular weight is 315 g/mol. The minimum atomic E-state index is -0.998. The number of hydrogen-bond donors (Lipinski definition) is 1. The summed E-state index contributed by atoms with van der Waals surface area (Å²) >= 11 is 0. The lowest BCUT2D eigenvalue weighted by molar-refractivity contribution is -0.133. The number of anilines is 1. The molecule has 23 heavy (non-hydrogen) atoms. The van der Waals surface area contributed by atoms with Crippen molar-refractivity contribution in [1.82, 2.24) is 5.43 Å². The van der Waals surface area contributed by atoms with Crippen LogP contribution < -0.4 is 10.3 Å². The monoisotopic (exact) mass is 315 g/mol. The first-order valence-corrected chi connectivity index (χ1v) is 6.86. The Hall–Kier alpha value is -3.03. The van der Waals surface area contributed by atoms with Gasteiger partial charge in [-0.05, 0) is 31.2 Å². The molecule has 2 unspecified atom stereocenters. The summed E-state index contributed by atoms with van der Waals surface area (Å²) in [5.74, 6) is -2.92. The lowest BCUT2D eigenvalue weighted by Gasteiger charge is -2.15. The molecule has 0 bridgehead atoms. The van der Waals surface area contributed by atoms with Crippen molar-refractivity contribution in [2.45, 2.75) is 13.0 Å². The third-order valence-corrected chi connectivity index (χ3v) is 3.85. The number of esters is 1. The van der Waals surface area contributed by atoms with Crippen LogP contribution in [0.15, 0.2) is 29.4 Å². The number of ether oxygens (including phenoxy) is 1. The molecule has 2 amide bonds. The van der Waals surface area contributed by atoms with Gasteiger partial charge in [-0.1, -0.05) is 0 Å². The van der Waals surface area contributed by atoms with Gasteiger partial charge < -0.3 is 4.74 Å². The predicted molar refractivity (Wildman–Crippen MR) is 78.8 cm³/mol. The van der Waals surface area contributed by atoms with E-state index in [0.717, 1.165) is 4.90 Å². The van der Waals surface area contributed by atoms with Crippen LogP contribution in [0.2, 0.25) is 0 Å². The minimum absolute atomic E-state index is 0.112. The first-order chi connectivity index (χ1) is 11.0. The van der Waals surface area contributed by atoms with E-state index in [1.165, 1.54) is 38.3 Å². The molecule has 1 saturated heterocycles. The number of nitrogens with zero attached hydrogens (tertiary/aromatic N) is 2. The zero-order valence-corrected chi connectivity index (χ0v) is 12.4. The molecule has 1 aromatic carbocycles. The van der Waals surface area contributed by atoms with Gasteiger partial charge in [-0.2, -0.15) is 5.10 Å². The number of Topliss-reactive ketones (excluding diaryl/α,β-unsaturated/α-hetero) is 1. The quantitative estimate of drug-likeness (QED) is 0.473. The summed E-state index contributed by atoms with van der Waals surface area (Å²) in [6, 6.07) is 5.19. The van der Waals surface area contributed by atoms with Gasteiger partial charge in [0.1, 0.15) is 12.0 Å². The number of carbonyl (C=O) groups is 4. The summed E-state index contributed by atoms with van der Waals surface area (Å²) in [6.07, 6.45) is 0. The number of hydrogen-bond acceptors (Lipinski definition) is 7. The van der Waals surface area contributed by atoms with E-state index in [1.807, 2.05) is 0 Å². The smallest absolute Gasteiger partial charge is 0.355 e. The Labute approximate surface area is 131 Å². The van der Waals surface area contributed by atoms with Gasteiger partial charge in [0.15, 0.2) is 11.5 Å². The van der Waals surface area contributed by atoms with Crippen LogP contribution in [0.4, 0.5) is 5.69 Å². The van der Waals surface area contributed by atoms with Gasteiger partial charge in [-0.15, -0.1) is 0 Å². The van der Waals surface area contributed by atoms with Crippen LogP contribution in [0.5, 0.6) is 0 Å². The molecule has 1 aromatic rings. The van der Waals surface area contributed by atoms with E-state index < -0.39 is 29.7 Å². The van der Waals surface area contributed by atoms with Gasteiger partial charge in [0, 0.05) is 5.56 Å². The summed E-state index contributed by atoms with van der Waals surface area (Å²) in [5.41, 5.74) is 3.22. The van der Waals surface area contributed by atoms with Crippen molar-refractivity contribution in [2.75, 3.05) is 12.0 Å². The van der Waals surface area contributed by atoms with Crippen LogP contribution in [-0.4, -0.2) is 42.4 Å². The number of ketones is 1. The molecule has 0 radical (unpaired) electrons. The summed E-state index contributed by atoms with van der Waals surface area (Å²) in [7, 11) is 1.18. The summed E-state index contributed by atoms with van der Waals surface area (Å²) in [4.78, 5) is 48.9. The van der Waals surface area contributed by atoms with Crippen LogP contribution in [0.1, 0.15) is 17.3 Å². The first-order valence-electron chi connectivity index (χ1n) is 6.86. The van der Waals surface area contributed by atoms with Crippen LogP contribution >= 0.6 is 0 Å².